The molecule has 0 fully saturated rings. The van der Waals surface area contributed by atoms with Gasteiger partial charge in [0.1, 0.15) is 11.7 Å². The molecule has 0 aliphatic rings. The molecule has 40 heavy (non-hydrogen) atoms. The van der Waals surface area contributed by atoms with Gasteiger partial charge in [0.15, 0.2) is 0 Å². The van der Waals surface area contributed by atoms with Crippen LogP contribution in [0.5, 0.6) is 0 Å². The molecule has 0 spiro atoms. The highest BCUT2D eigenvalue weighted by atomic mass is 35.5. The number of hydrazine groups is 1. The number of nitrogens with zero attached hydrogens (tertiary/aromatic N) is 3. The van der Waals surface area contributed by atoms with E-state index < -0.39 is 35.1 Å². The summed E-state index contributed by atoms with van der Waals surface area (Å²) in [6, 6.07) is 2.00. The Balaban J connectivity index is 0.000000869. The summed E-state index contributed by atoms with van der Waals surface area (Å²) in [4.78, 5) is 7.54. The molecule has 0 aliphatic carbocycles. The minimum absolute atomic E-state index is 0.122. The van der Waals surface area contributed by atoms with Crippen molar-refractivity contribution in [1.82, 2.24) is 10.4 Å². The summed E-state index contributed by atoms with van der Waals surface area (Å²) in [6.45, 7) is 8.68. The molecular formula is C28H34ClF6N5. The van der Waals surface area contributed by atoms with Crippen LogP contribution in [0.25, 0.3) is 5.83 Å². The van der Waals surface area contributed by atoms with Gasteiger partial charge in [0.25, 0.3) is 0 Å². The smallest absolute Gasteiger partial charge is 0.390 e. The quantitative estimate of drug-likeness (QED) is 0.0748. The number of benzene rings is 2. The fraction of sp³-hybridized carbons (Fsp3) is 0.357. The lowest BCUT2D eigenvalue weighted by Gasteiger charge is -2.30. The first-order chi connectivity index (χ1) is 18.6. The van der Waals surface area contributed by atoms with E-state index in [-0.39, 0.29) is 16.1 Å². The third-order valence-electron chi connectivity index (χ3n) is 5.89. The van der Waals surface area contributed by atoms with E-state index in [4.69, 9.17) is 17.3 Å². The van der Waals surface area contributed by atoms with Crippen molar-refractivity contribution in [2.75, 3.05) is 20.6 Å². The zero-order valence-electron chi connectivity index (χ0n) is 23.0. The number of allylic oxidation sites excluding steroid dienone is 1. The average Bonchev–Trinajstić information content (AvgIpc) is 2.88. The molecule has 0 aliphatic heterocycles. The van der Waals surface area contributed by atoms with Crippen molar-refractivity contribution >= 4 is 30.0 Å². The van der Waals surface area contributed by atoms with E-state index in [2.05, 4.69) is 22.0 Å². The Labute approximate surface area is 236 Å². The van der Waals surface area contributed by atoms with Crippen LogP contribution in [0, 0.1) is 20.8 Å². The third kappa shape index (κ3) is 9.41. The number of rotatable bonds is 10. The van der Waals surface area contributed by atoms with Crippen LogP contribution < -0.4 is 11.2 Å². The van der Waals surface area contributed by atoms with Crippen molar-refractivity contribution < 1.29 is 26.3 Å². The van der Waals surface area contributed by atoms with Crippen LogP contribution in [-0.2, 0) is 6.05 Å². The maximum atomic E-state index is 15.0. The Hall–Kier alpha value is -3.31. The zero-order chi connectivity index (χ0) is 30.7. The minimum atomic E-state index is -4.83. The molecular weight excluding hydrogens is 556 g/mol. The second-order valence-corrected chi connectivity index (χ2v) is 9.02. The molecule has 0 bridgehead atoms. The molecule has 0 saturated heterocycles. The average molecular weight is 590 g/mol. The molecule has 2 aromatic carbocycles. The zero-order valence-corrected chi connectivity index (χ0v) is 23.7. The van der Waals surface area contributed by atoms with Crippen molar-refractivity contribution in [3.05, 3.63) is 87.6 Å². The number of aliphatic imine (C=N–C) groups is 2. The first-order valence-electron chi connectivity index (χ1n) is 12.1. The first kappa shape index (κ1) is 34.7. The molecule has 12 heteroatoms. The van der Waals surface area contributed by atoms with Gasteiger partial charge >= 0.3 is 12.2 Å². The van der Waals surface area contributed by atoms with Gasteiger partial charge < -0.3 is 10.7 Å². The number of hydrogen-bond acceptors (Lipinski definition) is 4. The lowest BCUT2D eigenvalue weighted by atomic mass is 9.93. The van der Waals surface area contributed by atoms with E-state index in [0.29, 0.717) is 22.2 Å². The van der Waals surface area contributed by atoms with E-state index in [9.17, 15) is 26.3 Å². The second kappa shape index (κ2) is 15.5. The highest BCUT2D eigenvalue weighted by Gasteiger charge is 2.41. The summed E-state index contributed by atoms with van der Waals surface area (Å²) >= 11 is 6.03. The second-order valence-electron chi connectivity index (χ2n) is 8.61. The number of alkyl halides is 5. The number of nitrogens with two attached hydrogens (primary N) is 1. The number of halogens is 7. The van der Waals surface area contributed by atoms with Gasteiger partial charge in [-0.25, -0.2) is 9.82 Å². The Morgan fingerprint density at radius 3 is 2.27 bits per heavy atom. The van der Waals surface area contributed by atoms with Crippen LogP contribution in [0.4, 0.5) is 26.3 Å². The van der Waals surface area contributed by atoms with Gasteiger partial charge in [-0.15, -0.1) is 0 Å². The van der Waals surface area contributed by atoms with E-state index in [1.54, 1.807) is 20.9 Å². The highest BCUT2D eigenvalue weighted by molar-refractivity contribution is 6.31. The summed E-state index contributed by atoms with van der Waals surface area (Å²) in [7, 11) is 2.99. The molecule has 0 radical (unpaired) electrons. The van der Waals surface area contributed by atoms with Crippen LogP contribution in [-0.4, -0.2) is 44.4 Å². The largest absolute Gasteiger partial charge is 0.399 e. The molecule has 0 amide bonds. The number of aryl methyl sites for hydroxylation is 2. The topological polar surface area (TPSA) is 66.0 Å². The SMILES string of the molecule is C=CN(NC)C(F)(F)c1cc(/C(F)=C/C(c2cc(C)c(C)c(Cl)c2)C(F)(F)F)ccc1C.CN=CCCN=CN. The number of nitrogens with one attached hydrogen (secondary N) is 1. The van der Waals surface area contributed by atoms with E-state index in [1.165, 1.54) is 32.4 Å². The first-order valence-corrected chi connectivity index (χ1v) is 12.4. The van der Waals surface area contributed by atoms with Crippen molar-refractivity contribution in [2.45, 2.75) is 45.3 Å². The molecule has 0 saturated carbocycles. The molecule has 2 aromatic rings. The summed E-state index contributed by atoms with van der Waals surface area (Å²) in [5, 5.41) is 0.535. The molecule has 3 N–H and O–H groups in total. The standard InChI is InChI=1S/C23H23ClF6N2.C5H11N3/c1-6-32(31-5)23(29,30)18-10-16(8-7-13(18)2)21(25)12-19(22(26,27)28)17-9-14(3)15(4)20(24)11-17;1-7-3-2-4-8-5-6/h6-12,19,31H,1H2,2-5H3;3,5H,2,4H2,1H3,(H2,6,8)/b21-12-;. The van der Waals surface area contributed by atoms with Gasteiger partial charge in [-0.1, -0.05) is 36.4 Å². The predicted molar refractivity (Wildman–Crippen MR) is 152 cm³/mol. The molecule has 1 atom stereocenters. The van der Waals surface area contributed by atoms with Gasteiger partial charge in [-0.05, 0) is 61.2 Å². The number of hydrogen-bond donors (Lipinski definition) is 2. The van der Waals surface area contributed by atoms with Crippen LogP contribution in [0.3, 0.4) is 0 Å². The fourth-order valence-corrected chi connectivity index (χ4v) is 3.83. The van der Waals surface area contributed by atoms with E-state index in [1.807, 2.05) is 6.21 Å². The lowest BCUT2D eigenvalue weighted by Crippen LogP contribution is -2.43. The predicted octanol–water partition coefficient (Wildman–Crippen LogP) is 7.62. The minimum Gasteiger partial charge on any atom is -0.390 e. The van der Waals surface area contributed by atoms with Crippen molar-refractivity contribution in [1.29, 1.82) is 0 Å². The summed E-state index contributed by atoms with van der Waals surface area (Å²) in [5.74, 6) is -3.60. The molecule has 1 unspecified atom stereocenters. The third-order valence-corrected chi connectivity index (χ3v) is 6.28. The monoisotopic (exact) mass is 589 g/mol. The van der Waals surface area contributed by atoms with E-state index in [0.717, 1.165) is 37.4 Å². The van der Waals surface area contributed by atoms with E-state index >= 15 is 0 Å². The summed E-state index contributed by atoms with van der Waals surface area (Å²) < 4.78 is 86.0. The molecule has 220 valence electrons. The normalized spacial score (nSPS) is 13.3. The van der Waals surface area contributed by atoms with Gasteiger partial charge in [-0.2, -0.15) is 22.0 Å². The Morgan fingerprint density at radius 1 is 1.12 bits per heavy atom. The molecule has 2 rings (SSSR count). The summed E-state index contributed by atoms with van der Waals surface area (Å²) in [5.41, 5.74) is 7.25. The van der Waals surface area contributed by atoms with Crippen molar-refractivity contribution in [2.24, 2.45) is 15.7 Å². The summed E-state index contributed by atoms with van der Waals surface area (Å²) in [6.07, 6.45) is 0.393. The Morgan fingerprint density at radius 2 is 1.77 bits per heavy atom. The fourth-order valence-electron chi connectivity index (χ4n) is 3.55. The molecule has 0 heterocycles. The van der Waals surface area contributed by atoms with Crippen LogP contribution in [0.15, 0.2) is 59.2 Å². The van der Waals surface area contributed by atoms with Crippen molar-refractivity contribution in [3.63, 3.8) is 0 Å². The Bertz CT molecular complexity index is 1190. The molecule has 5 nitrogen and oxygen atoms in total. The van der Waals surface area contributed by atoms with Crippen molar-refractivity contribution in [3.8, 4) is 0 Å². The maximum absolute atomic E-state index is 15.0. The van der Waals surface area contributed by atoms with Crippen LogP contribution in [0.2, 0.25) is 5.02 Å². The van der Waals surface area contributed by atoms with Gasteiger partial charge in [0, 0.05) is 55.6 Å². The van der Waals surface area contributed by atoms with Gasteiger partial charge in [0.2, 0.25) is 0 Å². The van der Waals surface area contributed by atoms with Gasteiger partial charge in [-0.3, -0.25) is 10.0 Å². The Kier molecular flexibility index (Phi) is 13.4. The van der Waals surface area contributed by atoms with Crippen LogP contribution in [0.1, 0.15) is 45.7 Å². The molecule has 0 aromatic heterocycles. The van der Waals surface area contributed by atoms with Gasteiger partial charge in [0.05, 0.1) is 6.34 Å². The van der Waals surface area contributed by atoms with Crippen LogP contribution >= 0.6 is 11.6 Å². The maximum Gasteiger partial charge on any atom is 0.399 e. The lowest BCUT2D eigenvalue weighted by molar-refractivity contribution is -0.150. The highest BCUT2D eigenvalue weighted by Crippen LogP contribution is 2.41.